The summed E-state index contributed by atoms with van der Waals surface area (Å²) in [5.74, 6) is 0.794. The molecule has 0 bridgehead atoms. The molecule has 31 heavy (non-hydrogen) atoms. The first-order valence-corrected chi connectivity index (χ1v) is 10.0. The van der Waals surface area contributed by atoms with Gasteiger partial charge in [0, 0.05) is 59.4 Å². The van der Waals surface area contributed by atoms with Gasteiger partial charge in [-0.1, -0.05) is 6.07 Å². The second kappa shape index (κ2) is 8.28. The summed E-state index contributed by atoms with van der Waals surface area (Å²) in [4.78, 5) is 22.1. The molecule has 0 amide bonds. The summed E-state index contributed by atoms with van der Waals surface area (Å²) in [6.45, 7) is 2.56. The van der Waals surface area contributed by atoms with Gasteiger partial charge in [0.15, 0.2) is 0 Å². The largest absolute Gasteiger partial charge is 0.364 e. The van der Waals surface area contributed by atoms with E-state index in [1.165, 1.54) is 0 Å². The van der Waals surface area contributed by atoms with Crippen molar-refractivity contribution in [1.82, 2.24) is 24.9 Å². The monoisotopic (exact) mass is 404 g/mol. The summed E-state index contributed by atoms with van der Waals surface area (Å²) in [5, 5.41) is 5.46. The molecule has 0 spiro atoms. The summed E-state index contributed by atoms with van der Waals surface area (Å²) in [7, 11) is 0. The van der Waals surface area contributed by atoms with E-state index in [0.29, 0.717) is 6.54 Å². The quantitative estimate of drug-likeness (QED) is 0.441. The van der Waals surface area contributed by atoms with Gasteiger partial charge < -0.3 is 5.32 Å². The van der Waals surface area contributed by atoms with Crippen molar-refractivity contribution in [2.24, 2.45) is 0 Å². The maximum absolute atomic E-state index is 4.65. The number of aromatic nitrogens is 5. The Morgan fingerprint density at radius 2 is 1.55 bits per heavy atom. The van der Waals surface area contributed by atoms with Gasteiger partial charge in [0.25, 0.3) is 0 Å². The third kappa shape index (κ3) is 4.09. The highest BCUT2D eigenvalue weighted by atomic mass is 15.0. The highest BCUT2D eigenvalue weighted by Gasteiger charge is 2.07. The molecule has 0 saturated heterocycles. The molecule has 0 aliphatic carbocycles. The van der Waals surface area contributed by atoms with E-state index in [1.54, 1.807) is 12.4 Å². The Hall–Kier alpha value is -4.19. The van der Waals surface area contributed by atoms with Crippen LogP contribution in [0.5, 0.6) is 0 Å². The van der Waals surface area contributed by atoms with Crippen molar-refractivity contribution in [2.45, 2.75) is 13.5 Å². The van der Waals surface area contributed by atoms with Crippen LogP contribution in [-0.4, -0.2) is 24.9 Å². The van der Waals surface area contributed by atoms with Gasteiger partial charge in [0.1, 0.15) is 5.82 Å². The van der Waals surface area contributed by atoms with Crippen molar-refractivity contribution in [3.05, 3.63) is 97.1 Å². The summed E-state index contributed by atoms with van der Waals surface area (Å²) >= 11 is 0. The topological polar surface area (TPSA) is 76.5 Å². The smallest absolute Gasteiger partial charge is 0.135 e. The first kappa shape index (κ1) is 18.8. The van der Waals surface area contributed by atoms with Gasteiger partial charge in [-0.05, 0) is 60.3 Å². The molecule has 0 aliphatic rings. The van der Waals surface area contributed by atoms with Crippen LogP contribution in [0.4, 0.5) is 5.82 Å². The summed E-state index contributed by atoms with van der Waals surface area (Å²) in [6.07, 6.45) is 10.9. The average molecular weight is 404 g/mol. The Balaban J connectivity index is 1.36. The van der Waals surface area contributed by atoms with Crippen LogP contribution in [0.3, 0.4) is 0 Å². The van der Waals surface area contributed by atoms with E-state index in [1.807, 2.05) is 68.1 Å². The van der Waals surface area contributed by atoms with Crippen LogP contribution >= 0.6 is 0 Å². The maximum atomic E-state index is 4.65. The lowest BCUT2D eigenvalue weighted by atomic mass is 10.1. The Morgan fingerprint density at radius 3 is 2.35 bits per heavy atom. The molecule has 5 rings (SSSR count). The number of aryl methyl sites for hydroxylation is 1. The van der Waals surface area contributed by atoms with Crippen LogP contribution in [0.2, 0.25) is 0 Å². The van der Waals surface area contributed by atoms with Gasteiger partial charge >= 0.3 is 0 Å². The lowest BCUT2D eigenvalue weighted by Gasteiger charge is -2.10. The van der Waals surface area contributed by atoms with E-state index in [4.69, 9.17) is 0 Å². The van der Waals surface area contributed by atoms with E-state index in [-0.39, 0.29) is 0 Å². The molecule has 0 atom stereocenters. The fraction of sp³-hybridized carbons (Fsp3) is 0.0800. The number of rotatable bonds is 5. The Labute approximate surface area is 180 Å². The summed E-state index contributed by atoms with van der Waals surface area (Å²) in [6, 6.07) is 16.1. The average Bonchev–Trinajstić information content (AvgIpc) is 2.83. The van der Waals surface area contributed by atoms with Crippen molar-refractivity contribution in [2.75, 3.05) is 5.32 Å². The molecule has 5 aromatic rings. The Morgan fingerprint density at radius 1 is 0.710 bits per heavy atom. The van der Waals surface area contributed by atoms with Crippen LogP contribution in [0.1, 0.15) is 11.4 Å². The van der Waals surface area contributed by atoms with Crippen molar-refractivity contribution in [3.63, 3.8) is 0 Å². The predicted molar refractivity (Wildman–Crippen MR) is 122 cm³/mol. The molecule has 0 aromatic carbocycles. The van der Waals surface area contributed by atoms with Gasteiger partial charge in [-0.2, -0.15) is 0 Å². The Kier molecular flexibility index (Phi) is 5.02. The molecular formula is C25H20N6. The Bertz CT molecular complexity index is 1330. The fourth-order valence-corrected chi connectivity index (χ4v) is 3.49. The third-order valence-electron chi connectivity index (χ3n) is 5.12. The van der Waals surface area contributed by atoms with Crippen LogP contribution in [0.25, 0.3) is 33.2 Å². The van der Waals surface area contributed by atoms with E-state index in [2.05, 4.69) is 42.4 Å². The lowest BCUT2D eigenvalue weighted by Crippen LogP contribution is -2.04. The highest BCUT2D eigenvalue weighted by molar-refractivity contribution is 5.93. The minimum Gasteiger partial charge on any atom is -0.364 e. The number of nitrogens with one attached hydrogen (secondary N) is 1. The molecule has 5 heterocycles. The number of nitrogens with zero attached hydrogens (tertiary/aromatic N) is 5. The van der Waals surface area contributed by atoms with Crippen molar-refractivity contribution < 1.29 is 0 Å². The molecule has 1 N–H and O–H groups in total. The zero-order valence-electron chi connectivity index (χ0n) is 17.0. The van der Waals surface area contributed by atoms with Crippen molar-refractivity contribution in [3.8, 4) is 22.4 Å². The molecule has 0 unspecified atom stereocenters. The molecule has 6 nitrogen and oxygen atoms in total. The molecule has 0 saturated carbocycles. The normalized spacial score (nSPS) is 10.9. The molecule has 0 fully saturated rings. The lowest BCUT2D eigenvalue weighted by molar-refractivity contribution is 1.03. The highest BCUT2D eigenvalue weighted by Crippen LogP contribution is 2.26. The van der Waals surface area contributed by atoms with E-state index in [0.717, 1.165) is 50.4 Å². The molecular weight excluding hydrogens is 384 g/mol. The number of fused-ring (bicyclic) bond motifs is 1. The predicted octanol–water partition coefficient (Wildman–Crippen LogP) is 5.07. The summed E-state index contributed by atoms with van der Waals surface area (Å²) in [5.41, 5.74) is 6.05. The number of hydrogen-bond acceptors (Lipinski definition) is 6. The van der Waals surface area contributed by atoms with E-state index in [9.17, 15) is 0 Å². The zero-order valence-corrected chi connectivity index (χ0v) is 17.0. The van der Waals surface area contributed by atoms with Gasteiger partial charge in [-0.15, -0.1) is 0 Å². The van der Waals surface area contributed by atoms with E-state index >= 15 is 0 Å². The summed E-state index contributed by atoms with van der Waals surface area (Å²) < 4.78 is 0. The molecule has 0 aliphatic heterocycles. The molecule has 150 valence electrons. The van der Waals surface area contributed by atoms with Gasteiger partial charge in [0.2, 0.25) is 0 Å². The molecule has 6 heteroatoms. The fourth-order valence-electron chi connectivity index (χ4n) is 3.49. The van der Waals surface area contributed by atoms with E-state index < -0.39 is 0 Å². The number of anilines is 1. The minimum absolute atomic E-state index is 0.577. The van der Waals surface area contributed by atoms with Crippen LogP contribution in [-0.2, 0) is 6.54 Å². The molecule has 0 radical (unpaired) electrons. The standard InChI is InChI=1S/C25H20N6/c1-17-12-20(7-10-27-17)24-13-19-6-11-28-25(23(19)16-30-24)31-15-22-3-2-21(14-29-22)18-4-8-26-9-5-18/h2-14,16H,15H2,1H3,(H,28,31). The second-order valence-electron chi connectivity index (χ2n) is 7.26. The molecule has 5 aromatic heterocycles. The first-order valence-electron chi connectivity index (χ1n) is 10.0. The number of hydrogen-bond donors (Lipinski definition) is 1. The first-order chi connectivity index (χ1) is 15.3. The van der Waals surface area contributed by atoms with Crippen LogP contribution in [0.15, 0.2) is 85.7 Å². The minimum atomic E-state index is 0.577. The van der Waals surface area contributed by atoms with Crippen molar-refractivity contribution >= 4 is 16.6 Å². The van der Waals surface area contributed by atoms with Gasteiger partial charge in [-0.25, -0.2) is 4.98 Å². The SMILES string of the molecule is Cc1cc(-c2cc3ccnc(NCc4ccc(-c5ccncc5)cn4)c3cn2)ccn1. The van der Waals surface area contributed by atoms with Crippen LogP contribution < -0.4 is 5.32 Å². The maximum Gasteiger partial charge on any atom is 0.135 e. The van der Waals surface area contributed by atoms with Crippen LogP contribution in [0, 0.1) is 6.92 Å². The van der Waals surface area contributed by atoms with Gasteiger partial charge in [-0.3, -0.25) is 19.9 Å². The van der Waals surface area contributed by atoms with Crippen molar-refractivity contribution in [1.29, 1.82) is 0 Å². The zero-order chi connectivity index (χ0) is 21.0. The second-order valence-corrected chi connectivity index (χ2v) is 7.26. The number of pyridine rings is 5. The third-order valence-corrected chi connectivity index (χ3v) is 5.12. The van der Waals surface area contributed by atoms with Gasteiger partial charge in [0.05, 0.1) is 17.9 Å².